The third-order valence-electron chi connectivity index (χ3n) is 3.09. The predicted octanol–water partition coefficient (Wildman–Crippen LogP) is -2.64. The Balaban J connectivity index is 3.50. The van der Waals surface area contributed by atoms with Gasteiger partial charge in [-0.05, 0) is 0 Å². The molecule has 1 fully saturated rings. The molecule has 1 aliphatic rings. The number of hydrogen-bond acceptors (Lipinski definition) is 10. The van der Waals surface area contributed by atoms with Crippen LogP contribution >= 0.6 is 31.1 Å². The Labute approximate surface area is 156 Å². The molecule has 0 amide bonds. The second-order valence-corrected chi connectivity index (χ2v) is 10.9. The largest absolute Gasteiger partial charge is 0.470 e. The van der Waals surface area contributed by atoms with Crippen molar-refractivity contribution in [2.75, 3.05) is 6.66 Å². The van der Waals surface area contributed by atoms with Crippen LogP contribution in [0.3, 0.4) is 0 Å². The van der Waals surface area contributed by atoms with Crippen LogP contribution in [-0.4, -0.2) is 87.8 Å². The summed E-state index contributed by atoms with van der Waals surface area (Å²) in [6.07, 6.45) is -15.0. The van der Waals surface area contributed by atoms with Gasteiger partial charge in [-0.1, -0.05) is 0 Å². The van der Waals surface area contributed by atoms with Crippen LogP contribution in [0.1, 0.15) is 0 Å². The molecule has 17 nitrogen and oxygen atoms in total. The second-order valence-electron chi connectivity index (χ2n) is 5.54. The molecule has 1 unspecified atom stereocenters. The van der Waals surface area contributed by atoms with Gasteiger partial charge in [-0.15, -0.1) is 0 Å². The number of hydrogen-bond donors (Lipinski definition) is 9. The van der Waals surface area contributed by atoms with E-state index < -0.39 is 67.7 Å². The fourth-order valence-corrected chi connectivity index (χ4v) is 4.72. The van der Waals surface area contributed by atoms with Crippen LogP contribution in [0.5, 0.6) is 0 Å². The van der Waals surface area contributed by atoms with Gasteiger partial charge in [0.15, 0.2) is 0 Å². The number of phosphoric acid groups is 3. The average molecular weight is 498 g/mol. The van der Waals surface area contributed by atoms with E-state index in [4.69, 9.17) is 29.4 Å². The summed E-state index contributed by atoms with van der Waals surface area (Å²) in [7, 11) is -21.2. The first-order chi connectivity index (χ1) is 12.2. The van der Waals surface area contributed by atoms with Gasteiger partial charge in [-0.2, -0.15) is 0 Å². The van der Waals surface area contributed by atoms with E-state index in [-0.39, 0.29) is 0 Å². The van der Waals surface area contributed by atoms with Gasteiger partial charge in [0.1, 0.15) is 36.6 Å². The highest BCUT2D eigenvalue weighted by molar-refractivity contribution is 7.52. The normalized spacial score (nSPS) is 34.8. The Morgan fingerprint density at radius 1 is 0.536 bits per heavy atom. The SMILES string of the molecule is CP(=O)(O)O[C@H]1[C@H](O)[C@@H](OP(=O)(O)O)[C@@H](O)[C@@H](OP(=O)(O)O)[C@@H]1OP(=O)(O)O. The van der Waals surface area contributed by atoms with Crippen molar-refractivity contribution in [3.8, 4) is 0 Å². The van der Waals surface area contributed by atoms with Crippen molar-refractivity contribution in [1.82, 2.24) is 0 Å². The molecule has 28 heavy (non-hydrogen) atoms. The van der Waals surface area contributed by atoms with Gasteiger partial charge in [0.25, 0.3) is 0 Å². The molecule has 0 aliphatic heterocycles. The minimum Gasteiger partial charge on any atom is -0.387 e. The van der Waals surface area contributed by atoms with Crippen LogP contribution in [0.2, 0.25) is 0 Å². The summed E-state index contributed by atoms with van der Waals surface area (Å²) >= 11 is 0. The number of aliphatic hydroxyl groups excluding tert-OH is 2. The van der Waals surface area contributed by atoms with Gasteiger partial charge in [-0.25, -0.2) is 13.7 Å². The lowest BCUT2D eigenvalue weighted by Crippen LogP contribution is -2.65. The van der Waals surface area contributed by atoms with Crippen molar-refractivity contribution < 1.29 is 80.8 Å². The summed E-state index contributed by atoms with van der Waals surface area (Å²) in [6, 6.07) is 0. The number of phosphoric ester groups is 3. The van der Waals surface area contributed by atoms with Crippen LogP contribution in [0.4, 0.5) is 0 Å². The zero-order valence-corrected chi connectivity index (χ0v) is 17.1. The molecule has 0 radical (unpaired) electrons. The Morgan fingerprint density at radius 2 is 0.821 bits per heavy atom. The van der Waals surface area contributed by atoms with Gasteiger partial charge < -0.3 is 44.5 Å². The molecule has 0 spiro atoms. The van der Waals surface area contributed by atoms with E-state index in [2.05, 4.69) is 18.1 Å². The van der Waals surface area contributed by atoms with Crippen LogP contribution in [0, 0.1) is 0 Å². The van der Waals surface area contributed by atoms with E-state index in [9.17, 15) is 33.4 Å². The maximum absolute atomic E-state index is 11.5. The van der Waals surface area contributed by atoms with Crippen LogP contribution in [0.25, 0.3) is 0 Å². The van der Waals surface area contributed by atoms with E-state index in [0.29, 0.717) is 6.66 Å². The lowest BCUT2D eigenvalue weighted by molar-refractivity contribution is -0.207. The topological polar surface area (TPSA) is 287 Å². The Hall–Kier alpha value is 0.400. The molecule has 0 aromatic rings. The first kappa shape index (κ1) is 26.4. The number of aliphatic hydroxyl groups is 2. The standard InChI is InChI=1S/C7H18O17P4/c1-25(10,11)21-5-2(8)4(22-26(12,13)14)3(9)6(23-27(15,16)17)7(5)24-28(18,19)20/h2-9H,1H3,(H,10,11)(H2,12,13,14)(H2,15,16,17)(H2,18,19,20)/t2-,3-,4-,5+,6-,7-/m1/s1. The highest BCUT2D eigenvalue weighted by Crippen LogP contribution is 2.52. The van der Waals surface area contributed by atoms with Crippen molar-refractivity contribution in [3.05, 3.63) is 0 Å². The summed E-state index contributed by atoms with van der Waals surface area (Å²) in [5.74, 6) is 0. The second kappa shape index (κ2) is 8.87. The lowest BCUT2D eigenvalue weighted by Gasteiger charge is -2.46. The molecule has 7 atom stereocenters. The molecule has 0 aromatic heterocycles. The molecular weight excluding hydrogens is 480 g/mol. The fourth-order valence-electron chi connectivity index (χ4n) is 2.34. The predicted molar refractivity (Wildman–Crippen MR) is 83.4 cm³/mol. The quantitative estimate of drug-likeness (QED) is 0.154. The molecule has 0 bridgehead atoms. The summed E-state index contributed by atoms with van der Waals surface area (Å²) in [5.41, 5.74) is 0. The summed E-state index contributed by atoms with van der Waals surface area (Å²) in [4.78, 5) is 62.9. The highest BCUT2D eigenvalue weighted by Gasteiger charge is 2.58. The third kappa shape index (κ3) is 8.64. The Morgan fingerprint density at radius 3 is 1.14 bits per heavy atom. The van der Waals surface area contributed by atoms with E-state index >= 15 is 0 Å². The van der Waals surface area contributed by atoms with Crippen molar-refractivity contribution >= 4 is 31.1 Å². The maximum atomic E-state index is 11.5. The lowest BCUT2D eigenvalue weighted by atomic mass is 9.85. The smallest absolute Gasteiger partial charge is 0.387 e. The van der Waals surface area contributed by atoms with Gasteiger partial charge >= 0.3 is 31.1 Å². The Kier molecular flexibility index (Phi) is 8.37. The molecule has 1 saturated carbocycles. The molecule has 9 N–H and O–H groups in total. The van der Waals surface area contributed by atoms with Crippen LogP contribution in [-0.2, 0) is 36.4 Å². The highest BCUT2D eigenvalue weighted by atomic mass is 31.2. The zero-order valence-electron chi connectivity index (χ0n) is 13.5. The van der Waals surface area contributed by atoms with Crippen molar-refractivity contribution in [2.45, 2.75) is 36.6 Å². The molecule has 1 aliphatic carbocycles. The van der Waals surface area contributed by atoms with E-state index in [1.165, 1.54) is 0 Å². The first-order valence-corrected chi connectivity index (χ1v) is 13.4. The number of rotatable bonds is 8. The van der Waals surface area contributed by atoms with Crippen molar-refractivity contribution in [2.24, 2.45) is 0 Å². The average Bonchev–Trinajstić information content (AvgIpc) is 2.39. The first-order valence-electron chi connectivity index (χ1n) is 6.77. The minimum atomic E-state index is -5.56. The van der Waals surface area contributed by atoms with E-state index in [1.807, 2.05) is 0 Å². The third-order valence-corrected chi connectivity index (χ3v) is 5.28. The van der Waals surface area contributed by atoms with E-state index in [1.54, 1.807) is 0 Å². The summed E-state index contributed by atoms with van der Waals surface area (Å²) < 4.78 is 61.8. The molecule has 0 heterocycles. The van der Waals surface area contributed by atoms with Crippen LogP contribution in [0.15, 0.2) is 0 Å². The molecular formula is C7H18O17P4. The van der Waals surface area contributed by atoms with Crippen LogP contribution < -0.4 is 0 Å². The van der Waals surface area contributed by atoms with Crippen molar-refractivity contribution in [1.29, 1.82) is 0 Å². The van der Waals surface area contributed by atoms with Crippen molar-refractivity contribution in [3.63, 3.8) is 0 Å². The van der Waals surface area contributed by atoms with Gasteiger partial charge in [0.2, 0.25) is 0 Å². The maximum Gasteiger partial charge on any atom is 0.470 e. The fraction of sp³-hybridized carbons (Fsp3) is 1.00. The van der Waals surface area contributed by atoms with Gasteiger partial charge in [-0.3, -0.25) is 22.7 Å². The van der Waals surface area contributed by atoms with E-state index in [0.717, 1.165) is 0 Å². The molecule has 0 aromatic carbocycles. The molecule has 1 rings (SSSR count). The monoisotopic (exact) mass is 498 g/mol. The van der Waals surface area contributed by atoms with Gasteiger partial charge in [0, 0.05) is 6.66 Å². The summed E-state index contributed by atoms with van der Waals surface area (Å²) in [6.45, 7) is 0.539. The Bertz CT molecular complexity index is 690. The zero-order chi connectivity index (χ0) is 22.3. The van der Waals surface area contributed by atoms with Gasteiger partial charge in [0.05, 0.1) is 0 Å². The summed E-state index contributed by atoms with van der Waals surface area (Å²) in [5, 5.41) is 20.2. The molecule has 0 saturated heterocycles. The minimum absolute atomic E-state index is 0.539. The molecule has 168 valence electrons. The molecule has 21 heteroatoms.